The van der Waals surface area contributed by atoms with Crippen LogP contribution in [-0.2, 0) is 27.9 Å². The summed E-state index contributed by atoms with van der Waals surface area (Å²) in [5.74, 6) is 1.05. The summed E-state index contributed by atoms with van der Waals surface area (Å²) >= 11 is 0. The summed E-state index contributed by atoms with van der Waals surface area (Å²) in [6.07, 6.45) is 2.17. The third-order valence-corrected chi connectivity index (χ3v) is 6.29. The number of hydrogen-bond donors (Lipinski definition) is 6. The third-order valence-electron chi connectivity index (χ3n) is 5.41. The normalized spacial score (nSPS) is 23.3. The minimum atomic E-state index is -4.94. The van der Waals surface area contributed by atoms with Gasteiger partial charge in [0.25, 0.3) is 0 Å². The molecule has 6 atom stereocenters. The van der Waals surface area contributed by atoms with Gasteiger partial charge in [-0.1, -0.05) is 5.92 Å². The fourth-order valence-electron chi connectivity index (χ4n) is 3.48. The Bertz CT molecular complexity index is 1220. The highest BCUT2D eigenvalue weighted by molar-refractivity contribution is 7.48. The van der Waals surface area contributed by atoms with Crippen molar-refractivity contribution in [2.75, 3.05) is 25.5 Å². The maximum atomic E-state index is 12.2. The van der Waals surface area contributed by atoms with Crippen LogP contribution in [0.4, 0.5) is 10.6 Å². The van der Waals surface area contributed by atoms with Crippen LogP contribution in [0.2, 0.25) is 0 Å². The van der Waals surface area contributed by atoms with Gasteiger partial charge in [0.15, 0.2) is 24.3 Å². The molecule has 1 fully saturated rings. The van der Waals surface area contributed by atoms with Gasteiger partial charge >= 0.3 is 19.9 Å². The van der Waals surface area contributed by atoms with E-state index in [9.17, 15) is 29.3 Å². The Morgan fingerprint density at radius 3 is 2.79 bits per heavy atom. The van der Waals surface area contributed by atoms with Crippen LogP contribution in [0.5, 0.6) is 0 Å². The second-order valence-electron chi connectivity index (χ2n) is 8.11. The van der Waals surface area contributed by atoms with Crippen molar-refractivity contribution in [1.82, 2.24) is 24.8 Å². The van der Waals surface area contributed by atoms with Crippen LogP contribution in [0.15, 0.2) is 12.7 Å². The Morgan fingerprint density at radius 1 is 1.29 bits per heavy atom. The number of alkyl carbamates (subject to hydrolysis) is 1. The molecule has 0 spiro atoms. The standard InChI is InChI=1S/C20H28N7O10P/c1-2-7-34-20(31)23-6-4-3-5-11(21)19(30)37-38(32,33)35-8-12-14(28)15(29)18(36-12)27-10-26-13-16(22)24-9-25-17(13)27/h1,9-12,14-15,18,28-29H,3-8,21H2,(H,23,31)(H,32,33)(H2,22,24,25)/t11-,12-,14-,15-,18-/m1/s1. The minimum Gasteiger partial charge on any atom is -0.436 e. The van der Waals surface area contributed by atoms with Crippen LogP contribution in [0.1, 0.15) is 25.5 Å². The second kappa shape index (κ2) is 12.9. The summed E-state index contributed by atoms with van der Waals surface area (Å²) in [4.78, 5) is 45.2. The summed E-state index contributed by atoms with van der Waals surface area (Å²) < 4.78 is 33.1. The number of carbonyl (C=O) groups excluding carboxylic acids is 2. The molecule has 3 heterocycles. The fraction of sp³-hybridized carbons (Fsp3) is 0.550. The summed E-state index contributed by atoms with van der Waals surface area (Å²) in [5.41, 5.74) is 11.9. The summed E-state index contributed by atoms with van der Waals surface area (Å²) in [7, 11) is -4.94. The number of anilines is 1. The molecule has 0 aromatic carbocycles. The van der Waals surface area contributed by atoms with E-state index in [1.807, 2.05) is 0 Å². The van der Waals surface area contributed by atoms with Gasteiger partial charge in [-0.3, -0.25) is 14.0 Å². The number of terminal acetylenes is 1. The predicted octanol–water partition coefficient (Wildman–Crippen LogP) is -1.46. The predicted molar refractivity (Wildman–Crippen MR) is 128 cm³/mol. The van der Waals surface area contributed by atoms with Crippen molar-refractivity contribution in [1.29, 1.82) is 0 Å². The molecule has 18 heteroatoms. The highest BCUT2D eigenvalue weighted by atomic mass is 31.2. The molecule has 0 saturated carbocycles. The van der Waals surface area contributed by atoms with Crippen LogP contribution in [0.3, 0.4) is 0 Å². The monoisotopic (exact) mass is 557 g/mol. The van der Waals surface area contributed by atoms with Crippen LogP contribution < -0.4 is 16.8 Å². The number of unbranched alkanes of at least 4 members (excludes halogenated alkanes) is 1. The number of hydrogen-bond acceptors (Lipinski definition) is 14. The van der Waals surface area contributed by atoms with Gasteiger partial charge in [-0.2, -0.15) is 0 Å². The lowest BCUT2D eigenvalue weighted by Gasteiger charge is -2.18. The van der Waals surface area contributed by atoms with Gasteiger partial charge in [-0.05, 0) is 19.3 Å². The highest BCUT2D eigenvalue weighted by Gasteiger charge is 2.45. The van der Waals surface area contributed by atoms with E-state index in [2.05, 4.69) is 35.4 Å². The Morgan fingerprint density at radius 2 is 2.05 bits per heavy atom. The van der Waals surface area contributed by atoms with Crippen molar-refractivity contribution in [3.8, 4) is 12.3 Å². The lowest BCUT2D eigenvalue weighted by Crippen LogP contribution is -2.34. The van der Waals surface area contributed by atoms with Crippen molar-refractivity contribution < 1.29 is 47.8 Å². The molecule has 2 aromatic heterocycles. The molecule has 1 unspecified atom stereocenters. The summed E-state index contributed by atoms with van der Waals surface area (Å²) in [5, 5.41) is 23.2. The van der Waals surface area contributed by atoms with Gasteiger partial charge in [-0.25, -0.2) is 29.1 Å². The van der Waals surface area contributed by atoms with E-state index >= 15 is 0 Å². The van der Waals surface area contributed by atoms with Gasteiger partial charge in [0.05, 0.1) is 12.9 Å². The maximum absolute atomic E-state index is 12.2. The topological polar surface area (TPSA) is 256 Å². The first-order valence-electron chi connectivity index (χ1n) is 11.3. The van der Waals surface area contributed by atoms with Crippen molar-refractivity contribution >= 4 is 36.9 Å². The third kappa shape index (κ3) is 7.36. The lowest BCUT2D eigenvalue weighted by molar-refractivity contribution is -0.138. The molecular weight excluding hydrogens is 529 g/mol. The quantitative estimate of drug-likeness (QED) is 0.0990. The molecule has 17 nitrogen and oxygen atoms in total. The van der Waals surface area contributed by atoms with Crippen LogP contribution in [0, 0.1) is 12.3 Å². The van der Waals surface area contributed by atoms with E-state index in [4.69, 9.17) is 27.2 Å². The SMILES string of the molecule is C#CCOC(=O)NCCCC[C@@H](N)C(=O)OP(=O)(O)OC[C@H]1O[C@@H](n2cnc3c(N)ncnc32)[C@H](O)[C@@H]1O. The van der Waals surface area contributed by atoms with Crippen molar-refractivity contribution in [3.63, 3.8) is 0 Å². The van der Waals surface area contributed by atoms with Gasteiger partial charge in [0.1, 0.15) is 36.2 Å². The first-order chi connectivity index (χ1) is 18.0. The summed E-state index contributed by atoms with van der Waals surface area (Å²) in [6, 6.07) is -1.24. The zero-order valence-electron chi connectivity index (χ0n) is 20.0. The smallest absolute Gasteiger partial charge is 0.436 e. The number of nitrogens with one attached hydrogen (secondary N) is 1. The van der Waals surface area contributed by atoms with Gasteiger partial charge in [0, 0.05) is 6.54 Å². The van der Waals surface area contributed by atoms with E-state index < -0.39 is 57.1 Å². The Labute approximate surface area is 216 Å². The van der Waals surface area contributed by atoms with Crippen molar-refractivity contribution in [2.45, 2.75) is 49.8 Å². The first-order valence-corrected chi connectivity index (χ1v) is 12.8. The van der Waals surface area contributed by atoms with E-state index in [1.54, 1.807) is 0 Å². The maximum Gasteiger partial charge on any atom is 0.529 e. The number of nitrogens with two attached hydrogens (primary N) is 2. The second-order valence-corrected chi connectivity index (χ2v) is 9.49. The molecule has 3 rings (SSSR count). The number of nitrogens with zero attached hydrogens (tertiary/aromatic N) is 4. The van der Waals surface area contributed by atoms with Crippen LogP contribution >= 0.6 is 7.82 Å². The minimum absolute atomic E-state index is 0.0885. The molecule has 0 bridgehead atoms. The molecule has 1 saturated heterocycles. The fourth-order valence-corrected chi connectivity index (χ4v) is 4.23. The zero-order chi connectivity index (χ0) is 27.9. The molecule has 2 aromatic rings. The number of imidazole rings is 1. The Hall–Kier alpha value is -3.36. The number of aliphatic hydroxyl groups is 2. The van der Waals surface area contributed by atoms with Crippen LogP contribution in [0.25, 0.3) is 11.2 Å². The largest absolute Gasteiger partial charge is 0.529 e. The summed E-state index contributed by atoms with van der Waals surface area (Å²) in [6.45, 7) is -0.639. The number of aliphatic hydroxyl groups excluding tert-OH is 2. The number of aromatic nitrogens is 4. The van der Waals surface area contributed by atoms with Gasteiger partial charge in [0.2, 0.25) is 0 Å². The van der Waals surface area contributed by atoms with Crippen molar-refractivity contribution in [3.05, 3.63) is 12.7 Å². The van der Waals surface area contributed by atoms with Crippen LogP contribution in [-0.4, -0.2) is 90.8 Å². The Kier molecular flexibility index (Phi) is 9.94. The first kappa shape index (κ1) is 29.2. The van der Waals surface area contributed by atoms with Gasteiger partial charge in [-0.15, -0.1) is 6.42 Å². The number of phosphoric acid groups is 1. The zero-order valence-corrected chi connectivity index (χ0v) is 20.8. The van der Waals surface area contributed by atoms with E-state index in [0.717, 1.165) is 0 Å². The average molecular weight is 557 g/mol. The van der Waals surface area contributed by atoms with E-state index in [0.29, 0.717) is 12.8 Å². The number of ether oxygens (including phenoxy) is 2. The number of fused-ring (bicyclic) bond motifs is 1. The number of amides is 1. The Balaban J connectivity index is 1.45. The molecule has 1 aliphatic heterocycles. The number of phosphoric ester groups is 1. The molecule has 208 valence electrons. The average Bonchev–Trinajstić information content (AvgIpc) is 3.42. The molecule has 8 N–H and O–H groups in total. The molecule has 38 heavy (non-hydrogen) atoms. The molecule has 0 aliphatic carbocycles. The molecule has 1 aliphatic rings. The number of rotatable bonds is 12. The van der Waals surface area contributed by atoms with Crippen molar-refractivity contribution in [2.24, 2.45) is 5.73 Å². The van der Waals surface area contributed by atoms with E-state index in [-0.39, 0.29) is 36.6 Å². The number of nitrogen functional groups attached to an aromatic ring is 1. The molecule has 0 radical (unpaired) electrons. The van der Waals surface area contributed by atoms with Gasteiger partial charge < -0.3 is 41.0 Å². The number of carbonyl (C=O) groups is 2. The molecule has 1 amide bonds. The molecular formula is C20H28N7O10P. The van der Waals surface area contributed by atoms with E-state index in [1.165, 1.54) is 17.2 Å². The highest BCUT2D eigenvalue weighted by Crippen LogP contribution is 2.45. The lowest BCUT2D eigenvalue weighted by atomic mass is 10.1.